The molecule has 2 heteroatoms. The Labute approximate surface area is 128 Å². The Morgan fingerprint density at radius 2 is 1.32 bits per heavy atom. The molecule has 0 aliphatic heterocycles. The van der Waals surface area contributed by atoms with Crippen molar-refractivity contribution >= 4 is 10.9 Å². The van der Waals surface area contributed by atoms with Gasteiger partial charge in [-0.1, -0.05) is 60.7 Å². The molecule has 0 amide bonds. The lowest BCUT2D eigenvalue weighted by atomic mass is 10.0. The predicted molar refractivity (Wildman–Crippen MR) is 89.1 cm³/mol. The molecule has 1 N–H and O–H groups in total. The summed E-state index contributed by atoms with van der Waals surface area (Å²) in [5, 5.41) is 0.629. The van der Waals surface area contributed by atoms with Crippen LogP contribution in [0.3, 0.4) is 0 Å². The van der Waals surface area contributed by atoms with Crippen LogP contribution in [0.2, 0.25) is 0 Å². The van der Waals surface area contributed by atoms with Gasteiger partial charge in [-0.05, 0) is 34.9 Å². The van der Waals surface area contributed by atoms with E-state index >= 15 is 0 Å². The minimum atomic E-state index is -0.194. The van der Waals surface area contributed by atoms with Crippen molar-refractivity contribution in [2.24, 2.45) is 0 Å². The largest absolute Gasteiger partial charge is 0.354 e. The maximum absolute atomic E-state index is 13.8. The van der Waals surface area contributed by atoms with Crippen LogP contribution in [0.4, 0.5) is 4.39 Å². The van der Waals surface area contributed by atoms with Gasteiger partial charge in [-0.25, -0.2) is 4.39 Å². The van der Waals surface area contributed by atoms with E-state index in [0.29, 0.717) is 5.39 Å². The second-order valence-corrected chi connectivity index (χ2v) is 5.33. The SMILES string of the molecule is Fc1cccc2[nH]c(-c3ccc(-c4ccccc4)cc3)cc12. The Morgan fingerprint density at radius 1 is 0.636 bits per heavy atom. The third-order valence-electron chi connectivity index (χ3n) is 3.91. The molecular weight excluding hydrogens is 273 g/mol. The van der Waals surface area contributed by atoms with Crippen LogP contribution in [0.1, 0.15) is 0 Å². The van der Waals surface area contributed by atoms with Gasteiger partial charge in [0.1, 0.15) is 5.82 Å². The van der Waals surface area contributed by atoms with E-state index < -0.39 is 0 Å². The minimum Gasteiger partial charge on any atom is -0.354 e. The summed E-state index contributed by atoms with van der Waals surface area (Å²) in [6.45, 7) is 0. The first-order chi connectivity index (χ1) is 10.8. The molecule has 0 spiro atoms. The van der Waals surface area contributed by atoms with Gasteiger partial charge in [0.25, 0.3) is 0 Å². The van der Waals surface area contributed by atoms with Crippen LogP contribution in [0.5, 0.6) is 0 Å². The molecule has 106 valence electrons. The molecule has 0 bridgehead atoms. The Bertz CT molecular complexity index is 921. The van der Waals surface area contributed by atoms with Gasteiger partial charge < -0.3 is 4.98 Å². The zero-order chi connectivity index (χ0) is 14.9. The predicted octanol–water partition coefficient (Wildman–Crippen LogP) is 5.64. The Hall–Kier alpha value is -2.87. The molecule has 0 aliphatic carbocycles. The fraction of sp³-hybridized carbons (Fsp3) is 0. The number of halogens is 1. The van der Waals surface area contributed by atoms with Crippen molar-refractivity contribution < 1.29 is 4.39 Å². The summed E-state index contributed by atoms with van der Waals surface area (Å²) in [6, 6.07) is 25.5. The smallest absolute Gasteiger partial charge is 0.132 e. The summed E-state index contributed by atoms with van der Waals surface area (Å²) >= 11 is 0. The van der Waals surface area contributed by atoms with E-state index in [1.807, 2.05) is 30.3 Å². The number of fused-ring (bicyclic) bond motifs is 1. The fourth-order valence-corrected chi connectivity index (χ4v) is 2.75. The van der Waals surface area contributed by atoms with Gasteiger partial charge in [0.2, 0.25) is 0 Å². The van der Waals surface area contributed by atoms with Crippen LogP contribution in [0.25, 0.3) is 33.3 Å². The molecule has 4 aromatic rings. The highest BCUT2D eigenvalue weighted by Gasteiger charge is 2.07. The van der Waals surface area contributed by atoms with Crippen molar-refractivity contribution in [3.63, 3.8) is 0 Å². The fourth-order valence-electron chi connectivity index (χ4n) is 2.75. The van der Waals surface area contributed by atoms with E-state index in [4.69, 9.17) is 0 Å². The molecular formula is C20H14FN. The van der Waals surface area contributed by atoms with Crippen LogP contribution in [0.15, 0.2) is 78.9 Å². The number of hydrogen-bond donors (Lipinski definition) is 1. The summed E-state index contributed by atoms with van der Waals surface area (Å²) in [5.74, 6) is -0.194. The van der Waals surface area contributed by atoms with E-state index in [1.54, 1.807) is 6.07 Å². The molecule has 0 saturated heterocycles. The van der Waals surface area contributed by atoms with E-state index in [9.17, 15) is 4.39 Å². The van der Waals surface area contributed by atoms with E-state index in [-0.39, 0.29) is 5.82 Å². The standard InChI is InChI=1S/C20H14FN/c21-18-7-4-8-19-17(18)13-20(22-19)16-11-9-15(10-12-16)14-5-2-1-3-6-14/h1-13,22H. The lowest BCUT2D eigenvalue weighted by Crippen LogP contribution is -1.79. The molecule has 1 nitrogen and oxygen atoms in total. The van der Waals surface area contributed by atoms with Gasteiger partial charge >= 0.3 is 0 Å². The van der Waals surface area contributed by atoms with Crippen molar-refractivity contribution in [1.29, 1.82) is 0 Å². The summed E-state index contributed by atoms with van der Waals surface area (Å²) in [7, 11) is 0. The Kier molecular flexibility index (Phi) is 3.01. The van der Waals surface area contributed by atoms with Crippen LogP contribution < -0.4 is 0 Å². The van der Waals surface area contributed by atoms with E-state index in [2.05, 4.69) is 41.4 Å². The highest BCUT2D eigenvalue weighted by molar-refractivity contribution is 5.86. The molecule has 0 atom stereocenters. The molecule has 0 fully saturated rings. The first-order valence-corrected chi connectivity index (χ1v) is 7.24. The Balaban J connectivity index is 1.74. The zero-order valence-corrected chi connectivity index (χ0v) is 11.9. The quantitative estimate of drug-likeness (QED) is 0.491. The van der Waals surface area contributed by atoms with Gasteiger partial charge in [-0.2, -0.15) is 0 Å². The van der Waals surface area contributed by atoms with Crippen molar-refractivity contribution in [2.75, 3.05) is 0 Å². The van der Waals surface area contributed by atoms with Crippen molar-refractivity contribution in [2.45, 2.75) is 0 Å². The third kappa shape index (κ3) is 2.19. The summed E-state index contributed by atoms with van der Waals surface area (Å²) in [4.78, 5) is 3.27. The highest BCUT2D eigenvalue weighted by atomic mass is 19.1. The molecule has 0 aliphatic rings. The van der Waals surface area contributed by atoms with Crippen LogP contribution in [0, 0.1) is 5.82 Å². The maximum atomic E-state index is 13.8. The average molecular weight is 287 g/mol. The van der Waals surface area contributed by atoms with Gasteiger partial charge in [0.15, 0.2) is 0 Å². The number of H-pyrrole nitrogens is 1. The Morgan fingerprint density at radius 3 is 2.05 bits per heavy atom. The van der Waals surface area contributed by atoms with E-state index in [0.717, 1.165) is 16.8 Å². The number of rotatable bonds is 2. The third-order valence-corrected chi connectivity index (χ3v) is 3.91. The average Bonchev–Trinajstić information content (AvgIpc) is 3.02. The highest BCUT2D eigenvalue weighted by Crippen LogP contribution is 2.28. The van der Waals surface area contributed by atoms with Crippen LogP contribution in [-0.4, -0.2) is 4.98 Å². The number of hydrogen-bond acceptors (Lipinski definition) is 0. The molecule has 0 unspecified atom stereocenters. The van der Waals surface area contributed by atoms with Crippen molar-refractivity contribution in [3.05, 3.63) is 84.7 Å². The second-order valence-electron chi connectivity index (χ2n) is 5.33. The lowest BCUT2D eigenvalue weighted by molar-refractivity contribution is 0.640. The molecule has 1 heterocycles. The van der Waals surface area contributed by atoms with Crippen molar-refractivity contribution in [1.82, 2.24) is 4.98 Å². The first kappa shape index (κ1) is 12.8. The van der Waals surface area contributed by atoms with Gasteiger partial charge in [0, 0.05) is 16.6 Å². The summed E-state index contributed by atoms with van der Waals surface area (Å²) < 4.78 is 13.8. The molecule has 4 rings (SSSR count). The van der Waals surface area contributed by atoms with E-state index in [1.165, 1.54) is 17.2 Å². The maximum Gasteiger partial charge on any atom is 0.132 e. The topological polar surface area (TPSA) is 15.8 Å². The van der Waals surface area contributed by atoms with Crippen LogP contribution >= 0.6 is 0 Å². The molecule has 1 aromatic heterocycles. The molecule has 3 aromatic carbocycles. The normalized spacial score (nSPS) is 11.0. The van der Waals surface area contributed by atoms with Gasteiger partial charge in [0.05, 0.1) is 0 Å². The summed E-state index contributed by atoms with van der Waals surface area (Å²) in [6.07, 6.45) is 0. The number of aromatic nitrogens is 1. The molecule has 0 saturated carbocycles. The number of benzene rings is 3. The number of nitrogens with one attached hydrogen (secondary N) is 1. The molecule has 22 heavy (non-hydrogen) atoms. The number of aromatic amines is 1. The van der Waals surface area contributed by atoms with Crippen LogP contribution in [-0.2, 0) is 0 Å². The zero-order valence-electron chi connectivity index (χ0n) is 11.9. The monoisotopic (exact) mass is 287 g/mol. The first-order valence-electron chi connectivity index (χ1n) is 7.24. The minimum absolute atomic E-state index is 0.194. The summed E-state index contributed by atoms with van der Waals surface area (Å²) in [5.41, 5.74) is 5.17. The van der Waals surface area contributed by atoms with Gasteiger partial charge in [-0.3, -0.25) is 0 Å². The second kappa shape index (κ2) is 5.15. The lowest BCUT2D eigenvalue weighted by Gasteiger charge is -2.03. The van der Waals surface area contributed by atoms with Crippen molar-refractivity contribution in [3.8, 4) is 22.4 Å². The molecule has 0 radical (unpaired) electrons. The van der Waals surface area contributed by atoms with Gasteiger partial charge in [-0.15, -0.1) is 0 Å².